The molecule has 0 N–H and O–H groups in total. The van der Waals surface area contributed by atoms with E-state index in [2.05, 4.69) is 35.0 Å². The van der Waals surface area contributed by atoms with E-state index in [9.17, 15) is 0 Å². The first-order valence-corrected chi connectivity index (χ1v) is 4.43. The van der Waals surface area contributed by atoms with Crippen LogP contribution in [0.4, 0.5) is 0 Å². The minimum absolute atomic E-state index is 0.762. The van der Waals surface area contributed by atoms with Crippen molar-refractivity contribution in [1.29, 1.82) is 0 Å². The molecule has 0 bridgehead atoms. The molecule has 0 saturated carbocycles. The van der Waals surface area contributed by atoms with Crippen LogP contribution in [0, 0.1) is 6.92 Å². The Kier molecular flexibility index (Phi) is 1.74. The monoisotopic (exact) mass is 212 g/mol. The van der Waals surface area contributed by atoms with Crippen molar-refractivity contribution >= 4 is 15.9 Å². The fourth-order valence-electron chi connectivity index (χ4n) is 1.33. The van der Waals surface area contributed by atoms with Crippen LogP contribution in [0.15, 0.2) is 16.6 Å². The summed E-state index contributed by atoms with van der Waals surface area (Å²) in [5.74, 6) is 0. The van der Waals surface area contributed by atoms with Crippen LogP contribution < -0.4 is 0 Å². The molecule has 58 valence electrons. The van der Waals surface area contributed by atoms with Crippen LogP contribution >= 0.6 is 15.9 Å². The van der Waals surface area contributed by atoms with Gasteiger partial charge >= 0.3 is 0 Å². The van der Waals surface area contributed by atoms with Gasteiger partial charge in [-0.3, -0.25) is 0 Å². The van der Waals surface area contributed by atoms with E-state index in [1.165, 1.54) is 21.2 Å². The lowest BCUT2D eigenvalue weighted by molar-refractivity contribution is 0.134. The number of fused-ring (bicyclic) bond motifs is 1. The zero-order valence-corrected chi connectivity index (χ0v) is 7.94. The van der Waals surface area contributed by atoms with Crippen LogP contribution in [0.25, 0.3) is 0 Å². The van der Waals surface area contributed by atoms with Gasteiger partial charge in [-0.15, -0.1) is 0 Å². The van der Waals surface area contributed by atoms with Gasteiger partial charge in [-0.25, -0.2) is 0 Å². The average Bonchev–Trinajstić information content (AvgIpc) is 2.45. The van der Waals surface area contributed by atoms with E-state index in [1.54, 1.807) is 0 Å². The third-order valence-electron chi connectivity index (χ3n) is 2.04. The van der Waals surface area contributed by atoms with Crippen molar-refractivity contribution in [2.75, 3.05) is 0 Å². The topological polar surface area (TPSA) is 9.23 Å². The van der Waals surface area contributed by atoms with Gasteiger partial charge in [0.25, 0.3) is 0 Å². The maximum Gasteiger partial charge on any atom is 0.0736 e. The maximum absolute atomic E-state index is 5.32. The molecule has 2 rings (SSSR count). The van der Waals surface area contributed by atoms with Crippen molar-refractivity contribution in [2.24, 2.45) is 0 Å². The van der Waals surface area contributed by atoms with Crippen molar-refractivity contribution in [1.82, 2.24) is 0 Å². The number of ether oxygens (including phenoxy) is 1. The molecule has 1 aliphatic rings. The number of halogens is 1. The second-order valence-electron chi connectivity index (χ2n) is 2.83. The van der Waals surface area contributed by atoms with Crippen molar-refractivity contribution < 1.29 is 4.74 Å². The van der Waals surface area contributed by atoms with Gasteiger partial charge in [-0.2, -0.15) is 0 Å². The van der Waals surface area contributed by atoms with Gasteiger partial charge in [0.05, 0.1) is 13.2 Å². The van der Waals surface area contributed by atoms with Crippen molar-refractivity contribution in [3.05, 3.63) is 33.3 Å². The minimum atomic E-state index is 0.762. The fraction of sp³-hybridized carbons (Fsp3) is 0.333. The highest BCUT2D eigenvalue weighted by Gasteiger charge is 2.14. The Morgan fingerprint density at radius 3 is 3.00 bits per heavy atom. The van der Waals surface area contributed by atoms with Crippen LogP contribution in [0.2, 0.25) is 0 Å². The smallest absolute Gasteiger partial charge is 0.0736 e. The van der Waals surface area contributed by atoms with Crippen LogP contribution in [-0.2, 0) is 18.0 Å². The van der Waals surface area contributed by atoms with E-state index in [0.717, 1.165) is 13.2 Å². The van der Waals surface area contributed by atoms with E-state index in [0.29, 0.717) is 0 Å². The summed E-state index contributed by atoms with van der Waals surface area (Å²) in [4.78, 5) is 0. The summed E-state index contributed by atoms with van der Waals surface area (Å²) >= 11 is 3.55. The van der Waals surface area contributed by atoms with E-state index in [4.69, 9.17) is 4.74 Å². The normalized spacial score (nSPS) is 15.1. The molecular formula is C9H9BrO. The zero-order valence-electron chi connectivity index (χ0n) is 6.36. The molecule has 0 unspecified atom stereocenters. The first-order chi connectivity index (χ1) is 5.29. The Hall–Kier alpha value is -0.340. The molecule has 0 aliphatic carbocycles. The molecular weight excluding hydrogens is 204 g/mol. The summed E-state index contributed by atoms with van der Waals surface area (Å²) in [6, 6.07) is 4.26. The molecule has 2 heteroatoms. The molecule has 0 fully saturated rings. The Morgan fingerprint density at radius 1 is 1.36 bits per heavy atom. The third-order valence-corrected chi connectivity index (χ3v) is 3.14. The fourth-order valence-corrected chi connectivity index (χ4v) is 1.83. The Bertz CT molecular complexity index is 294. The standard InChI is InChI=1S/C9H9BrO/c1-6-2-3-7-4-11-5-8(7)9(6)10/h2-3H,4-5H2,1H3. The summed E-state index contributed by atoms with van der Waals surface area (Å²) < 4.78 is 6.54. The number of rotatable bonds is 0. The molecule has 1 aromatic rings. The maximum atomic E-state index is 5.32. The first kappa shape index (κ1) is 7.32. The predicted octanol–water partition coefficient (Wildman–Crippen LogP) is 2.79. The van der Waals surface area contributed by atoms with Crippen molar-refractivity contribution in [2.45, 2.75) is 20.1 Å². The zero-order chi connectivity index (χ0) is 7.84. The van der Waals surface area contributed by atoms with Gasteiger partial charge < -0.3 is 4.74 Å². The molecule has 0 amide bonds. The lowest BCUT2D eigenvalue weighted by Crippen LogP contribution is -1.86. The predicted molar refractivity (Wildman–Crippen MR) is 47.4 cm³/mol. The van der Waals surface area contributed by atoms with E-state index in [1.807, 2.05) is 0 Å². The van der Waals surface area contributed by atoms with Crippen LogP contribution in [0.5, 0.6) is 0 Å². The molecule has 0 atom stereocenters. The lowest BCUT2D eigenvalue weighted by atomic mass is 10.1. The number of hydrogen-bond acceptors (Lipinski definition) is 1. The first-order valence-electron chi connectivity index (χ1n) is 3.63. The third kappa shape index (κ3) is 1.10. The molecule has 1 aliphatic heterocycles. The lowest BCUT2D eigenvalue weighted by Gasteiger charge is -2.02. The summed E-state index contributed by atoms with van der Waals surface area (Å²) in [6.07, 6.45) is 0. The van der Waals surface area contributed by atoms with Crippen molar-refractivity contribution in [3.63, 3.8) is 0 Å². The quantitative estimate of drug-likeness (QED) is 0.643. The van der Waals surface area contributed by atoms with E-state index in [-0.39, 0.29) is 0 Å². The second kappa shape index (κ2) is 2.61. The van der Waals surface area contributed by atoms with E-state index < -0.39 is 0 Å². The highest BCUT2D eigenvalue weighted by atomic mass is 79.9. The molecule has 11 heavy (non-hydrogen) atoms. The Morgan fingerprint density at radius 2 is 2.18 bits per heavy atom. The SMILES string of the molecule is Cc1ccc2c(c1Br)COC2. The highest BCUT2D eigenvalue weighted by molar-refractivity contribution is 9.10. The minimum Gasteiger partial charge on any atom is -0.372 e. The van der Waals surface area contributed by atoms with Gasteiger partial charge in [0, 0.05) is 4.47 Å². The van der Waals surface area contributed by atoms with Gasteiger partial charge in [0.1, 0.15) is 0 Å². The van der Waals surface area contributed by atoms with E-state index >= 15 is 0 Å². The van der Waals surface area contributed by atoms with Crippen LogP contribution in [-0.4, -0.2) is 0 Å². The molecule has 1 nitrogen and oxygen atoms in total. The molecule has 0 aromatic heterocycles. The summed E-state index contributed by atoms with van der Waals surface area (Å²) in [5.41, 5.74) is 3.93. The van der Waals surface area contributed by atoms with Gasteiger partial charge in [-0.1, -0.05) is 28.1 Å². The molecule has 0 spiro atoms. The van der Waals surface area contributed by atoms with Gasteiger partial charge in [0.15, 0.2) is 0 Å². The number of aryl methyl sites for hydroxylation is 1. The number of benzene rings is 1. The average molecular weight is 213 g/mol. The molecule has 1 aromatic carbocycles. The van der Waals surface area contributed by atoms with Crippen LogP contribution in [0.1, 0.15) is 16.7 Å². The second-order valence-corrected chi connectivity index (χ2v) is 3.62. The summed E-state index contributed by atoms with van der Waals surface area (Å²) in [7, 11) is 0. The number of hydrogen-bond donors (Lipinski definition) is 0. The molecule has 0 saturated heterocycles. The molecule has 1 heterocycles. The summed E-state index contributed by atoms with van der Waals surface area (Å²) in [6.45, 7) is 3.63. The Balaban J connectivity index is 2.62. The van der Waals surface area contributed by atoms with Crippen LogP contribution in [0.3, 0.4) is 0 Å². The van der Waals surface area contributed by atoms with Crippen molar-refractivity contribution in [3.8, 4) is 0 Å². The highest BCUT2D eigenvalue weighted by Crippen LogP contribution is 2.29. The Labute approximate surface area is 74.5 Å². The van der Waals surface area contributed by atoms with Gasteiger partial charge in [0.2, 0.25) is 0 Å². The summed E-state index contributed by atoms with van der Waals surface area (Å²) in [5, 5.41) is 0. The largest absolute Gasteiger partial charge is 0.372 e. The molecule has 0 radical (unpaired) electrons. The van der Waals surface area contributed by atoms with Gasteiger partial charge in [-0.05, 0) is 23.6 Å².